The average molecular weight is 432 g/mol. The minimum Gasteiger partial charge on any atom is -0.495 e. The summed E-state index contributed by atoms with van der Waals surface area (Å²) in [4.78, 5) is 16.6. The molecule has 4 aromatic rings. The van der Waals surface area contributed by atoms with E-state index in [4.69, 9.17) is 4.74 Å². The SMILES string of the molecule is COc1ccccc1-n1c(SCC(=O)Nc2ccc(C)cc2)nnc1-c1ccncc1. The molecular formula is C23H21N5O2S. The van der Waals surface area contributed by atoms with Crippen LogP contribution in [0.25, 0.3) is 17.1 Å². The molecule has 0 saturated heterocycles. The first-order valence-corrected chi connectivity index (χ1v) is 10.6. The molecule has 1 amide bonds. The van der Waals surface area contributed by atoms with Gasteiger partial charge in [0.2, 0.25) is 5.91 Å². The van der Waals surface area contributed by atoms with Crippen LogP contribution < -0.4 is 10.1 Å². The van der Waals surface area contributed by atoms with Crippen molar-refractivity contribution in [2.24, 2.45) is 0 Å². The van der Waals surface area contributed by atoms with E-state index < -0.39 is 0 Å². The standard InChI is InChI=1S/C23H21N5O2S/c1-16-7-9-18(10-8-16)25-21(29)15-31-23-27-26-22(17-11-13-24-14-12-17)28(23)19-5-3-4-6-20(19)30-2/h3-14H,15H2,1-2H3,(H,25,29). The summed E-state index contributed by atoms with van der Waals surface area (Å²) in [5.41, 5.74) is 3.56. The number of benzene rings is 2. The number of para-hydroxylation sites is 2. The van der Waals surface area contributed by atoms with Crippen molar-refractivity contribution >= 4 is 23.4 Å². The molecule has 0 aliphatic heterocycles. The Morgan fingerprint density at radius 2 is 1.77 bits per heavy atom. The molecule has 0 saturated carbocycles. The molecule has 0 atom stereocenters. The van der Waals surface area contributed by atoms with Gasteiger partial charge in [0.05, 0.1) is 18.6 Å². The second-order valence-electron chi connectivity index (χ2n) is 6.75. The summed E-state index contributed by atoms with van der Waals surface area (Å²) in [5, 5.41) is 12.2. The lowest BCUT2D eigenvalue weighted by atomic mass is 10.2. The van der Waals surface area contributed by atoms with E-state index in [1.807, 2.05) is 72.2 Å². The summed E-state index contributed by atoms with van der Waals surface area (Å²) in [6.07, 6.45) is 3.41. The van der Waals surface area contributed by atoms with E-state index in [0.29, 0.717) is 16.7 Å². The van der Waals surface area contributed by atoms with Crippen molar-refractivity contribution in [1.29, 1.82) is 0 Å². The maximum atomic E-state index is 12.5. The molecule has 156 valence electrons. The molecule has 0 fully saturated rings. The maximum Gasteiger partial charge on any atom is 0.234 e. The van der Waals surface area contributed by atoms with Gasteiger partial charge in [-0.2, -0.15) is 0 Å². The molecule has 2 aromatic carbocycles. The minimum atomic E-state index is -0.117. The number of aromatic nitrogens is 4. The summed E-state index contributed by atoms with van der Waals surface area (Å²) in [6.45, 7) is 2.01. The molecule has 0 aliphatic rings. The molecule has 0 radical (unpaired) electrons. The van der Waals surface area contributed by atoms with Crippen LogP contribution in [0.4, 0.5) is 5.69 Å². The molecule has 31 heavy (non-hydrogen) atoms. The molecule has 7 nitrogen and oxygen atoms in total. The Hall–Kier alpha value is -3.65. The van der Waals surface area contributed by atoms with Gasteiger partial charge in [-0.3, -0.25) is 14.3 Å². The lowest BCUT2D eigenvalue weighted by Crippen LogP contribution is -2.14. The highest BCUT2D eigenvalue weighted by Crippen LogP contribution is 2.32. The van der Waals surface area contributed by atoms with Gasteiger partial charge in [-0.05, 0) is 43.3 Å². The molecule has 0 unspecified atom stereocenters. The van der Waals surface area contributed by atoms with Crippen LogP contribution in [0, 0.1) is 6.92 Å². The number of nitrogens with one attached hydrogen (secondary N) is 1. The van der Waals surface area contributed by atoms with Crippen molar-refractivity contribution < 1.29 is 9.53 Å². The van der Waals surface area contributed by atoms with Crippen molar-refractivity contribution in [3.63, 3.8) is 0 Å². The van der Waals surface area contributed by atoms with E-state index in [9.17, 15) is 4.79 Å². The Balaban J connectivity index is 1.62. The zero-order valence-electron chi connectivity index (χ0n) is 17.1. The fourth-order valence-electron chi connectivity index (χ4n) is 3.05. The first-order chi connectivity index (χ1) is 15.2. The molecule has 0 aliphatic carbocycles. The van der Waals surface area contributed by atoms with Gasteiger partial charge in [-0.25, -0.2) is 0 Å². The zero-order valence-corrected chi connectivity index (χ0v) is 18.0. The Labute approximate surface area is 184 Å². The fraction of sp³-hybridized carbons (Fsp3) is 0.130. The van der Waals surface area contributed by atoms with Crippen LogP contribution in [0.3, 0.4) is 0 Å². The number of thioether (sulfide) groups is 1. The number of amides is 1. The summed E-state index contributed by atoms with van der Waals surface area (Å²) in [7, 11) is 1.62. The lowest BCUT2D eigenvalue weighted by Gasteiger charge is -2.13. The number of pyridine rings is 1. The van der Waals surface area contributed by atoms with Gasteiger partial charge < -0.3 is 10.1 Å². The van der Waals surface area contributed by atoms with Gasteiger partial charge in [0.1, 0.15) is 5.75 Å². The third-order valence-electron chi connectivity index (χ3n) is 4.57. The summed E-state index contributed by atoms with van der Waals surface area (Å²) in [5.74, 6) is 1.41. The van der Waals surface area contributed by atoms with E-state index in [1.165, 1.54) is 11.8 Å². The molecule has 2 aromatic heterocycles. The highest BCUT2D eigenvalue weighted by Gasteiger charge is 2.19. The smallest absolute Gasteiger partial charge is 0.234 e. The van der Waals surface area contributed by atoms with Gasteiger partial charge >= 0.3 is 0 Å². The third-order valence-corrected chi connectivity index (χ3v) is 5.49. The van der Waals surface area contributed by atoms with Crippen LogP contribution in [0.2, 0.25) is 0 Å². The largest absolute Gasteiger partial charge is 0.495 e. The predicted octanol–water partition coefficient (Wildman–Crippen LogP) is 4.38. The number of aryl methyl sites for hydroxylation is 1. The molecule has 0 bridgehead atoms. The number of nitrogens with zero attached hydrogens (tertiary/aromatic N) is 4. The molecular weight excluding hydrogens is 410 g/mol. The normalized spacial score (nSPS) is 10.6. The third kappa shape index (κ3) is 4.75. The molecule has 8 heteroatoms. The molecule has 2 heterocycles. The predicted molar refractivity (Wildman–Crippen MR) is 122 cm³/mol. The van der Waals surface area contributed by atoms with Crippen LogP contribution in [0.1, 0.15) is 5.56 Å². The number of hydrogen-bond donors (Lipinski definition) is 1. The molecule has 1 N–H and O–H groups in total. The lowest BCUT2D eigenvalue weighted by molar-refractivity contribution is -0.113. The quantitative estimate of drug-likeness (QED) is 0.438. The van der Waals surface area contributed by atoms with Crippen molar-refractivity contribution in [2.75, 3.05) is 18.2 Å². The fourth-order valence-corrected chi connectivity index (χ4v) is 3.79. The molecule has 0 spiro atoms. The number of carbonyl (C=O) groups is 1. The summed E-state index contributed by atoms with van der Waals surface area (Å²) < 4.78 is 7.45. The van der Waals surface area contributed by atoms with Gasteiger partial charge in [0.25, 0.3) is 0 Å². The van der Waals surface area contributed by atoms with E-state index >= 15 is 0 Å². The monoisotopic (exact) mass is 431 g/mol. The number of hydrogen-bond acceptors (Lipinski definition) is 6. The average Bonchev–Trinajstić information content (AvgIpc) is 3.23. The van der Waals surface area contributed by atoms with Crippen LogP contribution >= 0.6 is 11.8 Å². The summed E-state index contributed by atoms with van der Waals surface area (Å²) in [6, 6.07) is 19.1. The Morgan fingerprint density at radius 3 is 2.52 bits per heavy atom. The Kier molecular flexibility index (Phi) is 6.28. The van der Waals surface area contributed by atoms with E-state index in [-0.39, 0.29) is 11.7 Å². The maximum absolute atomic E-state index is 12.5. The number of ether oxygens (including phenoxy) is 1. The molecule has 4 rings (SSSR count). The van der Waals surface area contributed by atoms with Gasteiger partial charge in [-0.15, -0.1) is 10.2 Å². The highest BCUT2D eigenvalue weighted by atomic mass is 32.2. The number of rotatable bonds is 7. The number of methoxy groups -OCH3 is 1. The summed E-state index contributed by atoms with van der Waals surface area (Å²) >= 11 is 1.31. The Bertz CT molecular complexity index is 1180. The van der Waals surface area contributed by atoms with Crippen molar-refractivity contribution in [1.82, 2.24) is 19.7 Å². The topological polar surface area (TPSA) is 81.9 Å². The van der Waals surface area contributed by atoms with E-state index in [2.05, 4.69) is 20.5 Å². The highest BCUT2D eigenvalue weighted by molar-refractivity contribution is 7.99. The van der Waals surface area contributed by atoms with Crippen LogP contribution in [-0.2, 0) is 4.79 Å². The first-order valence-electron chi connectivity index (χ1n) is 9.64. The van der Waals surface area contributed by atoms with Crippen LogP contribution in [0.15, 0.2) is 78.2 Å². The minimum absolute atomic E-state index is 0.117. The van der Waals surface area contributed by atoms with Crippen LogP contribution in [0.5, 0.6) is 5.75 Å². The number of anilines is 1. The van der Waals surface area contributed by atoms with Crippen molar-refractivity contribution in [2.45, 2.75) is 12.1 Å². The van der Waals surface area contributed by atoms with E-state index in [1.54, 1.807) is 19.5 Å². The van der Waals surface area contributed by atoms with Crippen molar-refractivity contribution in [3.8, 4) is 22.8 Å². The van der Waals surface area contributed by atoms with Gasteiger partial charge in [-0.1, -0.05) is 41.6 Å². The van der Waals surface area contributed by atoms with Gasteiger partial charge in [0.15, 0.2) is 11.0 Å². The number of carbonyl (C=O) groups excluding carboxylic acids is 1. The first kappa shape index (κ1) is 20.6. The second-order valence-corrected chi connectivity index (χ2v) is 7.69. The van der Waals surface area contributed by atoms with Crippen LogP contribution in [-0.4, -0.2) is 38.5 Å². The van der Waals surface area contributed by atoms with Gasteiger partial charge in [0, 0.05) is 23.6 Å². The van der Waals surface area contributed by atoms with E-state index in [0.717, 1.165) is 22.5 Å². The Morgan fingerprint density at radius 1 is 1.03 bits per heavy atom. The zero-order chi connectivity index (χ0) is 21.6. The van der Waals surface area contributed by atoms with Crippen molar-refractivity contribution in [3.05, 3.63) is 78.6 Å². The second kappa shape index (κ2) is 9.44.